The summed E-state index contributed by atoms with van der Waals surface area (Å²) in [6.45, 7) is 5.76. The Hall–Kier alpha value is -2.77. The number of benzene rings is 2. The highest BCUT2D eigenvalue weighted by atomic mass is 35.5. The lowest BCUT2D eigenvalue weighted by molar-refractivity contribution is 0.102. The van der Waals surface area contributed by atoms with Gasteiger partial charge in [0.1, 0.15) is 21.3 Å². The van der Waals surface area contributed by atoms with Crippen molar-refractivity contribution in [3.05, 3.63) is 64.9 Å². The van der Waals surface area contributed by atoms with E-state index < -0.39 is 11.7 Å². The molecule has 0 spiro atoms. The lowest BCUT2D eigenvalue weighted by Gasteiger charge is -2.03. The molecule has 0 bridgehead atoms. The predicted octanol–water partition coefficient (Wildman–Crippen LogP) is 6.33. The standard InChI is InChI=1S/C18H11ClFN3O2S.C2H6/c1-9-22-14-7-12(19)11(6-15(14)25-9)18-21-8-16(26-18)23-17(24)10-4-2-3-5-13(10)20;1-2/h2-8H,1H3,(H,23,24);1-2H3. The van der Waals surface area contributed by atoms with Crippen molar-refractivity contribution in [2.24, 2.45) is 0 Å². The molecule has 4 aromatic rings. The van der Waals surface area contributed by atoms with Gasteiger partial charge in [0.2, 0.25) is 0 Å². The molecule has 5 nitrogen and oxygen atoms in total. The SMILES string of the molecule is CC.Cc1nc2cc(Cl)c(-c3ncc(NC(=O)c4ccccc4F)s3)cc2o1. The number of fused-ring (bicyclic) bond motifs is 1. The zero-order valence-electron chi connectivity index (χ0n) is 15.4. The number of amides is 1. The van der Waals surface area contributed by atoms with Crippen LogP contribution in [0.4, 0.5) is 9.39 Å². The summed E-state index contributed by atoms with van der Waals surface area (Å²) in [6, 6.07) is 9.26. The first-order chi connectivity index (χ1) is 13.5. The van der Waals surface area contributed by atoms with E-state index >= 15 is 0 Å². The van der Waals surface area contributed by atoms with Gasteiger partial charge in [0.05, 0.1) is 16.8 Å². The molecule has 2 aromatic heterocycles. The number of carbonyl (C=O) groups excluding carboxylic acids is 1. The van der Waals surface area contributed by atoms with Crippen molar-refractivity contribution in [2.45, 2.75) is 20.8 Å². The minimum absolute atomic E-state index is 0.0287. The van der Waals surface area contributed by atoms with Crippen LogP contribution in [0.5, 0.6) is 0 Å². The predicted molar refractivity (Wildman–Crippen MR) is 111 cm³/mol. The summed E-state index contributed by atoms with van der Waals surface area (Å²) in [5, 5.41) is 4.22. The molecule has 0 unspecified atom stereocenters. The average Bonchev–Trinajstić information content (AvgIpc) is 3.28. The third kappa shape index (κ3) is 4.05. The van der Waals surface area contributed by atoms with Crippen molar-refractivity contribution in [2.75, 3.05) is 5.32 Å². The number of anilines is 1. The summed E-state index contributed by atoms with van der Waals surface area (Å²) in [7, 11) is 0. The van der Waals surface area contributed by atoms with Crippen LogP contribution in [-0.4, -0.2) is 15.9 Å². The molecule has 0 atom stereocenters. The van der Waals surface area contributed by atoms with Crippen LogP contribution in [-0.2, 0) is 0 Å². The quantitative estimate of drug-likeness (QED) is 0.422. The second kappa shape index (κ2) is 8.50. The van der Waals surface area contributed by atoms with Gasteiger partial charge in [-0.2, -0.15) is 0 Å². The Balaban J connectivity index is 0.00000109. The largest absolute Gasteiger partial charge is 0.441 e. The zero-order valence-corrected chi connectivity index (χ0v) is 17.0. The highest BCUT2D eigenvalue weighted by Gasteiger charge is 2.16. The maximum absolute atomic E-state index is 13.7. The summed E-state index contributed by atoms with van der Waals surface area (Å²) >= 11 is 7.56. The molecule has 0 aliphatic rings. The van der Waals surface area contributed by atoms with E-state index in [1.54, 1.807) is 25.1 Å². The topological polar surface area (TPSA) is 68.0 Å². The second-order valence-electron chi connectivity index (χ2n) is 5.50. The highest BCUT2D eigenvalue weighted by Crippen LogP contribution is 2.36. The monoisotopic (exact) mass is 417 g/mol. The molecule has 28 heavy (non-hydrogen) atoms. The summed E-state index contributed by atoms with van der Waals surface area (Å²) in [4.78, 5) is 20.7. The zero-order chi connectivity index (χ0) is 20.3. The molecule has 0 saturated heterocycles. The van der Waals surface area contributed by atoms with E-state index in [1.165, 1.54) is 35.7 Å². The molecule has 0 fully saturated rings. The maximum Gasteiger partial charge on any atom is 0.259 e. The molecule has 1 amide bonds. The lowest BCUT2D eigenvalue weighted by atomic mass is 10.2. The number of aromatic nitrogens is 2. The Kier molecular flexibility index (Phi) is 6.06. The third-order valence-electron chi connectivity index (χ3n) is 3.68. The van der Waals surface area contributed by atoms with Crippen LogP contribution < -0.4 is 5.32 Å². The van der Waals surface area contributed by atoms with E-state index in [4.69, 9.17) is 16.0 Å². The fourth-order valence-corrected chi connectivity index (χ4v) is 3.65. The van der Waals surface area contributed by atoms with Gasteiger partial charge in [0, 0.05) is 12.5 Å². The summed E-state index contributed by atoms with van der Waals surface area (Å²) in [6.07, 6.45) is 1.50. The molecule has 1 N–H and O–H groups in total. The summed E-state index contributed by atoms with van der Waals surface area (Å²) < 4.78 is 19.2. The number of rotatable bonds is 3. The van der Waals surface area contributed by atoms with Crippen molar-refractivity contribution in [3.8, 4) is 10.6 Å². The molecule has 144 valence electrons. The number of hydrogen-bond acceptors (Lipinski definition) is 5. The molecule has 0 aliphatic carbocycles. The van der Waals surface area contributed by atoms with Gasteiger partial charge in [-0.05, 0) is 24.3 Å². The van der Waals surface area contributed by atoms with Gasteiger partial charge in [-0.25, -0.2) is 14.4 Å². The van der Waals surface area contributed by atoms with E-state index in [2.05, 4.69) is 15.3 Å². The molecule has 2 aromatic carbocycles. The molecular formula is C20H17ClFN3O2S. The van der Waals surface area contributed by atoms with Crippen LogP contribution in [0.1, 0.15) is 30.1 Å². The van der Waals surface area contributed by atoms with Crippen LogP contribution in [0.2, 0.25) is 5.02 Å². The number of aryl methyl sites for hydroxylation is 1. The Morgan fingerprint density at radius 2 is 2.00 bits per heavy atom. The van der Waals surface area contributed by atoms with Crippen LogP contribution in [0.25, 0.3) is 21.7 Å². The van der Waals surface area contributed by atoms with Gasteiger partial charge in [-0.15, -0.1) is 0 Å². The van der Waals surface area contributed by atoms with Gasteiger partial charge in [0.25, 0.3) is 5.91 Å². The number of halogens is 2. The Morgan fingerprint density at radius 3 is 2.75 bits per heavy atom. The first kappa shape index (κ1) is 20.0. The summed E-state index contributed by atoms with van der Waals surface area (Å²) in [5.74, 6) is -0.570. The van der Waals surface area contributed by atoms with Crippen LogP contribution >= 0.6 is 22.9 Å². The minimum Gasteiger partial charge on any atom is -0.441 e. The number of carbonyl (C=O) groups is 1. The fourth-order valence-electron chi connectivity index (χ4n) is 2.51. The van der Waals surface area contributed by atoms with Gasteiger partial charge in [-0.1, -0.05) is 48.9 Å². The average molecular weight is 418 g/mol. The van der Waals surface area contributed by atoms with Crippen LogP contribution in [0, 0.1) is 12.7 Å². The molecule has 8 heteroatoms. The molecule has 0 aliphatic heterocycles. The van der Waals surface area contributed by atoms with Gasteiger partial charge in [-0.3, -0.25) is 4.79 Å². The van der Waals surface area contributed by atoms with Crippen molar-refractivity contribution < 1.29 is 13.6 Å². The van der Waals surface area contributed by atoms with E-state index in [0.29, 0.717) is 37.6 Å². The Labute approximate surface area is 170 Å². The Morgan fingerprint density at radius 1 is 1.25 bits per heavy atom. The molecule has 4 rings (SSSR count). The molecule has 0 saturated carbocycles. The third-order valence-corrected chi connectivity index (χ3v) is 4.93. The number of thiazole rings is 1. The normalized spacial score (nSPS) is 10.5. The molecule has 2 heterocycles. The fraction of sp³-hybridized carbons (Fsp3) is 0.150. The lowest BCUT2D eigenvalue weighted by Crippen LogP contribution is -2.12. The minimum atomic E-state index is -0.580. The summed E-state index contributed by atoms with van der Waals surface area (Å²) in [5.41, 5.74) is 1.92. The maximum atomic E-state index is 13.7. The number of nitrogens with zero attached hydrogens (tertiary/aromatic N) is 2. The number of oxazole rings is 1. The second-order valence-corrected chi connectivity index (χ2v) is 6.93. The van der Waals surface area contributed by atoms with Crippen molar-refractivity contribution in [3.63, 3.8) is 0 Å². The van der Waals surface area contributed by atoms with Gasteiger partial charge >= 0.3 is 0 Å². The Bertz CT molecular complexity index is 1140. The van der Waals surface area contributed by atoms with E-state index in [1.807, 2.05) is 13.8 Å². The molecule has 0 radical (unpaired) electrons. The highest BCUT2D eigenvalue weighted by molar-refractivity contribution is 7.19. The smallest absolute Gasteiger partial charge is 0.259 e. The van der Waals surface area contributed by atoms with Crippen molar-refractivity contribution in [1.82, 2.24) is 9.97 Å². The van der Waals surface area contributed by atoms with Crippen molar-refractivity contribution >= 4 is 44.9 Å². The van der Waals surface area contributed by atoms with E-state index in [0.717, 1.165) is 0 Å². The van der Waals surface area contributed by atoms with Gasteiger partial charge < -0.3 is 9.73 Å². The first-order valence-electron chi connectivity index (χ1n) is 8.60. The first-order valence-corrected chi connectivity index (χ1v) is 9.79. The van der Waals surface area contributed by atoms with Gasteiger partial charge in [0.15, 0.2) is 11.5 Å². The molecular weight excluding hydrogens is 401 g/mol. The van der Waals surface area contributed by atoms with Crippen LogP contribution in [0.15, 0.2) is 47.0 Å². The number of hydrogen-bond donors (Lipinski definition) is 1. The van der Waals surface area contributed by atoms with E-state index in [-0.39, 0.29) is 5.56 Å². The van der Waals surface area contributed by atoms with Crippen molar-refractivity contribution in [1.29, 1.82) is 0 Å². The number of nitrogens with one attached hydrogen (secondary N) is 1. The van der Waals surface area contributed by atoms with Crippen LogP contribution in [0.3, 0.4) is 0 Å². The van der Waals surface area contributed by atoms with E-state index in [9.17, 15) is 9.18 Å².